The lowest BCUT2D eigenvalue weighted by molar-refractivity contribution is 0.245. The number of hydrogen-bond donors (Lipinski definition) is 0. The molecule has 0 fully saturated rings. The second-order valence-corrected chi connectivity index (χ2v) is 4.32. The van der Waals surface area contributed by atoms with Crippen LogP contribution in [0.3, 0.4) is 0 Å². The number of rotatable bonds is 5. The van der Waals surface area contributed by atoms with Crippen LogP contribution in [-0.2, 0) is 6.42 Å². The number of nitrogens with zero attached hydrogens (tertiary/aromatic N) is 1. The molecular weight excluding hydrogens is 260 g/mol. The Morgan fingerprint density at radius 1 is 1.10 bits per heavy atom. The SMILES string of the molecule is N#CC(CCc1ccc(F)cc1F)Oc1ccccc1. The average molecular weight is 273 g/mol. The molecular formula is C16H13F2NO. The molecule has 2 aromatic rings. The van der Waals surface area contributed by atoms with Gasteiger partial charge >= 0.3 is 0 Å². The minimum absolute atomic E-state index is 0.317. The van der Waals surface area contributed by atoms with E-state index in [1.54, 1.807) is 12.1 Å². The molecule has 0 aliphatic heterocycles. The van der Waals surface area contributed by atoms with E-state index >= 15 is 0 Å². The van der Waals surface area contributed by atoms with Crippen LogP contribution in [-0.4, -0.2) is 6.10 Å². The summed E-state index contributed by atoms with van der Waals surface area (Å²) in [6.07, 6.45) is -0.00709. The van der Waals surface area contributed by atoms with Gasteiger partial charge in [0, 0.05) is 12.5 Å². The summed E-state index contributed by atoms with van der Waals surface area (Å²) in [5.41, 5.74) is 0.378. The molecule has 0 radical (unpaired) electrons. The van der Waals surface area contributed by atoms with Gasteiger partial charge in [0.1, 0.15) is 23.5 Å². The van der Waals surface area contributed by atoms with Crippen molar-refractivity contribution in [1.29, 1.82) is 5.26 Å². The molecule has 0 heterocycles. The first-order chi connectivity index (χ1) is 9.69. The molecule has 0 saturated carbocycles. The first-order valence-electron chi connectivity index (χ1n) is 6.24. The van der Waals surface area contributed by atoms with Crippen molar-refractivity contribution in [2.75, 3.05) is 0 Å². The molecule has 20 heavy (non-hydrogen) atoms. The van der Waals surface area contributed by atoms with Gasteiger partial charge in [0.25, 0.3) is 0 Å². The zero-order chi connectivity index (χ0) is 14.4. The molecule has 2 aromatic carbocycles. The molecule has 0 amide bonds. The van der Waals surface area contributed by atoms with Crippen LogP contribution in [0.2, 0.25) is 0 Å². The van der Waals surface area contributed by atoms with E-state index in [1.165, 1.54) is 12.1 Å². The highest BCUT2D eigenvalue weighted by Gasteiger charge is 2.11. The van der Waals surface area contributed by atoms with Crippen LogP contribution in [0.4, 0.5) is 8.78 Å². The van der Waals surface area contributed by atoms with Crippen molar-refractivity contribution in [1.82, 2.24) is 0 Å². The summed E-state index contributed by atoms with van der Waals surface area (Å²) in [4.78, 5) is 0. The Morgan fingerprint density at radius 3 is 2.50 bits per heavy atom. The number of nitriles is 1. The lowest BCUT2D eigenvalue weighted by Crippen LogP contribution is -2.15. The van der Waals surface area contributed by atoms with E-state index in [2.05, 4.69) is 0 Å². The Morgan fingerprint density at radius 2 is 1.85 bits per heavy atom. The Balaban J connectivity index is 1.96. The van der Waals surface area contributed by atoms with Gasteiger partial charge in [-0.05, 0) is 30.2 Å². The van der Waals surface area contributed by atoms with Gasteiger partial charge in [-0.2, -0.15) is 5.26 Å². The van der Waals surface area contributed by atoms with Crippen molar-refractivity contribution in [2.24, 2.45) is 0 Å². The van der Waals surface area contributed by atoms with Crippen LogP contribution in [0.5, 0.6) is 5.75 Å². The predicted octanol–water partition coefficient (Wildman–Crippen LogP) is 3.87. The van der Waals surface area contributed by atoms with E-state index in [-0.39, 0.29) is 0 Å². The maximum absolute atomic E-state index is 13.5. The van der Waals surface area contributed by atoms with Gasteiger partial charge in [0.2, 0.25) is 0 Å². The van der Waals surface area contributed by atoms with Crippen molar-refractivity contribution in [2.45, 2.75) is 18.9 Å². The summed E-state index contributed by atoms with van der Waals surface area (Å²) < 4.78 is 31.7. The fourth-order valence-electron chi connectivity index (χ4n) is 1.82. The first-order valence-corrected chi connectivity index (χ1v) is 6.24. The highest BCUT2D eigenvalue weighted by molar-refractivity contribution is 5.22. The average Bonchev–Trinajstić information content (AvgIpc) is 2.46. The van der Waals surface area contributed by atoms with Crippen molar-refractivity contribution in [3.63, 3.8) is 0 Å². The molecule has 0 spiro atoms. The number of para-hydroxylation sites is 1. The maximum atomic E-state index is 13.5. The number of ether oxygens (including phenoxy) is 1. The monoisotopic (exact) mass is 273 g/mol. The minimum Gasteiger partial charge on any atom is -0.476 e. The minimum atomic E-state index is -0.665. The number of benzene rings is 2. The first kappa shape index (κ1) is 14.0. The summed E-state index contributed by atoms with van der Waals surface area (Å²) in [6.45, 7) is 0. The Kier molecular flexibility index (Phi) is 4.67. The predicted molar refractivity (Wildman–Crippen MR) is 71.2 cm³/mol. The summed E-state index contributed by atoms with van der Waals surface area (Å²) in [5, 5.41) is 9.05. The van der Waals surface area contributed by atoms with Gasteiger partial charge < -0.3 is 4.74 Å². The summed E-state index contributed by atoms with van der Waals surface area (Å²) in [7, 11) is 0. The van der Waals surface area contributed by atoms with E-state index in [1.807, 2.05) is 24.3 Å². The van der Waals surface area contributed by atoms with Crippen molar-refractivity contribution in [3.05, 3.63) is 65.7 Å². The highest BCUT2D eigenvalue weighted by Crippen LogP contribution is 2.16. The molecule has 0 bridgehead atoms. The zero-order valence-electron chi connectivity index (χ0n) is 10.7. The van der Waals surface area contributed by atoms with Crippen LogP contribution in [0.1, 0.15) is 12.0 Å². The van der Waals surface area contributed by atoms with E-state index < -0.39 is 17.7 Å². The highest BCUT2D eigenvalue weighted by atomic mass is 19.1. The lowest BCUT2D eigenvalue weighted by Gasteiger charge is -2.12. The van der Waals surface area contributed by atoms with E-state index in [0.29, 0.717) is 24.2 Å². The lowest BCUT2D eigenvalue weighted by atomic mass is 10.1. The summed E-state index contributed by atoms with van der Waals surface area (Å²) in [5.74, 6) is -0.608. The van der Waals surface area contributed by atoms with Crippen molar-refractivity contribution in [3.8, 4) is 11.8 Å². The second kappa shape index (κ2) is 6.67. The molecule has 102 valence electrons. The molecule has 0 aliphatic rings. The molecule has 2 nitrogen and oxygen atoms in total. The standard InChI is InChI=1S/C16H13F2NO/c17-13-8-6-12(16(18)10-13)7-9-15(11-19)20-14-4-2-1-3-5-14/h1-6,8,10,15H,7,9H2. The third-order valence-corrected chi connectivity index (χ3v) is 2.86. The fourth-order valence-corrected chi connectivity index (χ4v) is 1.82. The van der Waals surface area contributed by atoms with E-state index in [4.69, 9.17) is 10.00 Å². The Bertz CT molecular complexity index is 608. The van der Waals surface area contributed by atoms with Gasteiger partial charge in [-0.1, -0.05) is 24.3 Å². The third kappa shape index (κ3) is 3.79. The summed E-state index contributed by atoms with van der Waals surface area (Å²) >= 11 is 0. The molecule has 0 saturated heterocycles. The molecule has 1 unspecified atom stereocenters. The van der Waals surface area contributed by atoms with Gasteiger partial charge in [0.15, 0.2) is 6.10 Å². The molecule has 0 aromatic heterocycles. The maximum Gasteiger partial charge on any atom is 0.184 e. The Labute approximate surface area is 116 Å². The molecule has 0 aliphatic carbocycles. The van der Waals surface area contributed by atoms with Crippen LogP contribution in [0.25, 0.3) is 0 Å². The van der Waals surface area contributed by atoms with Crippen LogP contribution >= 0.6 is 0 Å². The van der Waals surface area contributed by atoms with Gasteiger partial charge in [0.05, 0.1) is 0 Å². The quantitative estimate of drug-likeness (QED) is 0.828. The molecule has 0 N–H and O–H groups in total. The summed E-state index contributed by atoms with van der Waals surface area (Å²) in [6, 6.07) is 14.4. The molecule has 1 atom stereocenters. The smallest absolute Gasteiger partial charge is 0.184 e. The zero-order valence-corrected chi connectivity index (χ0v) is 10.7. The van der Waals surface area contributed by atoms with Gasteiger partial charge in [-0.25, -0.2) is 8.78 Å². The van der Waals surface area contributed by atoms with Crippen LogP contribution < -0.4 is 4.74 Å². The number of aryl methyl sites for hydroxylation is 1. The van der Waals surface area contributed by atoms with Crippen LogP contribution in [0.15, 0.2) is 48.5 Å². The topological polar surface area (TPSA) is 33.0 Å². The second-order valence-electron chi connectivity index (χ2n) is 4.32. The molecule has 4 heteroatoms. The Hall–Kier alpha value is -2.41. The molecule has 2 rings (SSSR count). The normalized spacial score (nSPS) is 11.7. The van der Waals surface area contributed by atoms with Crippen molar-refractivity contribution < 1.29 is 13.5 Å². The van der Waals surface area contributed by atoms with Gasteiger partial charge in [-0.15, -0.1) is 0 Å². The fraction of sp³-hybridized carbons (Fsp3) is 0.188. The number of halogens is 2. The van der Waals surface area contributed by atoms with E-state index in [0.717, 1.165) is 6.07 Å². The van der Waals surface area contributed by atoms with Crippen molar-refractivity contribution >= 4 is 0 Å². The van der Waals surface area contributed by atoms with Gasteiger partial charge in [-0.3, -0.25) is 0 Å². The third-order valence-electron chi connectivity index (χ3n) is 2.86. The largest absolute Gasteiger partial charge is 0.476 e. The number of hydrogen-bond acceptors (Lipinski definition) is 2. The van der Waals surface area contributed by atoms with E-state index in [9.17, 15) is 8.78 Å². The van der Waals surface area contributed by atoms with Crippen LogP contribution in [0, 0.1) is 23.0 Å².